The fourth-order valence-corrected chi connectivity index (χ4v) is 3.04. The Labute approximate surface area is 172 Å². The maximum absolute atomic E-state index is 11.3. The predicted molar refractivity (Wildman–Crippen MR) is 114 cm³/mol. The summed E-state index contributed by atoms with van der Waals surface area (Å²) in [5, 5.41) is 5.83. The van der Waals surface area contributed by atoms with Gasteiger partial charge in [-0.25, -0.2) is 4.98 Å². The second-order valence-electron chi connectivity index (χ2n) is 6.35. The van der Waals surface area contributed by atoms with Crippen molar-refractivity contribution in [3.63, 3.8) is 0 Å². The Kier molecular flexibility index (Phi) is 5.27. The van der Waals surface area contributed by atoms with Gasteiger partial charge in [0.05, 0.1) is 6.20 Å². The van der Waals surface area contributed by atoms with Gasteiger partial charge < -0.3 is 15.8 Å². The molecule has 0 fully saturated rings. The van der Waals surface area contributed by atoms with Crippen molar-refractivity contribution in [3.8, 4) is 5.75 Å². The molecule has 0 bridgehead atoms. The summed E-state index contributed by atoms with van der Waals surface area (Å²) in [7, 11) is 0. The van der Waals surface area contributed by atoms with Crippen molar-refractivity contribution in [3.05, 3.63) is 89.3 Å². The van der Waals surface area contributed by atoms with E-state index in [1.807, 2.05) is 48.5 Å². The first kappa shape index (κ1) is 18.7. The molecular formula is C22H17ClN4O2. The predicted octanol–water partition coefficient (Wildman–Crippen LogP) is 4.70. The number of hydrogen-bond acceptors (Lipinski definition) is 5. The van der Waals surface area contributed by atoms with Gasteiger partial charge in [0.2, 0.25) is 0 Å². The number of aromatic nitrogens is 2. The lowest BCUT2D eigenvalue weighted by Crippen LogP contribution is -2.13. The molecule has 6 nitrogen and oxygen atoms in total. The summed E-state index contributed by atoms with van der Waals surface area (Å²) in [6, 6.07) is 18.7. The second kappa shape index (κ2) is 8.16. The van der Waals surface area contributed by atoms with Crippen LogP contribution in [0.1, 0.15) is 16.1 Å². The molecule has 7 heteroatoms. The van der Waals surface area contributed by atoms with Crippen LogP contribution in [0.3, 0.4) is 0 Å². The first-order chi connectivity index (χ1) is 14.1. The van der Waals surface area contributed by atoms with Gasteiger partial charge in [-0.2, -0.15) is 0 Å². The third-order valence-electron chi connectivity index (χ3n) is 4.34. The molecule has 0 saturated carbocycles. The van der Waals surface area contributed by atoms with Gasteiger partial charge in [-0.15, -0.1) is 0 Å². The molecule has 1 amide bonds. The molecule has 0 unspecified atom stereocenters. The van der Waals surface area contributed by atoms with Crippen LogP contribution in [0, 0.1) is 0 Å². The molecule has 0 aliphatic carbocycles. The third-order valence-corrected chi connectivity index (χ3v) is 4.59. The van der Waals surface area contributed by atoms with E-state index in [4.69, 9.17) is 22.1 Å². The molecule has 0 atom stereocenters. The largest absolute Gasteiger partial charge is 0.487 e. The standard InChI is InChI=1S/C22H17ClN4O2/c23-15-5-7-16(8-6-15)27-22-18-4-2-1-3-17(18)20(12-26-22)29-13-14-9-10-25-19(11-14)21(24)28/h1-12H,13H2,(H2,24,28)(H,26,27). The second-order valence-corrected chi connectivity index (χ2v) is 6.79. The number of rotatable bonds is 6. The Morgan fingerprint density at radius 2 is 1.79 bits per heavy atom. The van der Waals surface area contributed by atoms with Crippen molar-refractivity contribution >= 4 is 39.8 Å². The van der Waals surface area contributed by atoms with E-state index in [1.165, 1.54) is 6.20 Å². The number of amides is 1. The minimum Gasteiger partial charge on any atom is -0.487 e. The van der Waals surface area contributed by atoms with E-state index < -0.39 is 5.91 Å². The average molecular weight is 405 g/mol. The number of primary amides is 1. The number of benzene rings is 2. The lowest BCUT2D eigenvalue weighted by Gasteiger charge is -2.13. The van der Waals surface area contributed by atoms with E-state index in [-0.39, 0.29) is 12.3 Å². The number of carbonyl (C=O) groups is 1. The van der Waals surface area contributed by atoms with E-state index in [1.54, 1.807) is 18.3 Å². The summed E-state index contributed by atoms with van der Waals surface area (Å²) in [6.45, 7) is 0.262. The molecule has 0 aliphatic heterocycles. The smallest absolute Gasteiger partial charge is 0.267 e. The SMILES string of the molecule is NC(=O)c1cc(COc2cnc(Nc3ccc(Cl)cc3)c3ccccc23)ccn1. The third kappa shape index (κ3) is 4.28. The fourth-order valence-electron chi connectivity index (χ4n) is 2.91. The number of anilines is 2. The van der Waals surface area contributed by atoms with Crippen LogP contribution in [0.2, 0.25) is 5.02 Å². The summed E-state index contributed by atoms with van der Waals surface area (Å²) in [6.07, 6.45) is 3.21. The topological polar surface area (TPSA) is 90.1 Å². The Balaban J connectivity index is 1.60. The quantitative estimate of drug-likeness (QED) is 0.486. The van der Waals surface area contributed by atoms with Crippen molar-refractivity contribution in [2.75, 3.05) is 5.32 Å². The maximum Gasteiger partial charge on any atom is 0.267 e. The molecule has 0 aliphatic rings. The monoisotopic (exact) mass is 404 g/mol. The molecule has 2 heterocycles. The number of nitrogens with one attached hydrogen (secondary N) is 1. The van der Waals surface area contributed by atoms with Crippen LogP contribution in [0.5, 0.6) is 5.75 Å². The summed E-state index contributed by atoms with van der Waals surface area (Å²) < 4.78 is 5.97. The highest BCUT2D eigenvalue weighted by atomic mass is 35.5. The van der Waals surface area contributed by atoms with Gasteiger partial charge in [0.1, 0.15) is 23.9 Å². The van der Waals surface area contributed by atoms with Crippen LogP contribution >= 0.6 is 11.6 Å². The highest BCUT2D eigenvalue weighted by Gasteiger charge is 2.10. The lowest BCUT2D eigenvalue weighted by molar-refractivity contribution is 0.0995. The van der Waals surface area contributed by atoms with Crippen molar-refractivity contribution in [1.29, 1.82) is 0 Å². The van der Waals surface area contributed by atoms with Crippen LogP contribution in [-0.2, 0) is 6.61 Å². The molecule has 4 aromatic rings. The van der Waals surface area contributed by atoms with Gasteiger partial charge in [0, 0.05) is 27.7 Å². The Morgan fingerprint density at radius 3 is 2.55 bits per heavy atom. The minimum atomic E-state index is -0.573. The van der Waals surface area contributed by atoms with Crippen molar-refractivity contribution in [2.24, 2.45) is 5.73 Å². The van der Waals surface area contributed by atoms with Crippen molar-refractivity contribution < 1.29 is 9.53 Å². The van der Waals surface area contributed by atoms with Crippen LogP contribution < -0.4 is 15.8 Å². The number of carbonyl (C=O) groups excluding carboxylic acids is 1. The zero-order chi connectivity index (χ0) is 20.2. The van der Waals surface area contributed by atoms with E-state index in [0.717, 1.165) is 27.8 Å². The van der Waals surface area contributed by atoms with Crippen molar-refractivity contribution in [2.45, 2.75) is 6.61 Å². The molecule has 0 spiro atoms. The molecule has 3 N–H and O–H groups in total. The molecule has 2 aromatic heterocycles. The van der Waals surface area contributed by atoms with E-state index in [2.05, 4.69) is 15.3 Å². The lowest BCUT2D eigenvalue weighted by atomic mass is 10.1. The summed E-state index contributed by atoms with van der Waals surface area (Å²) in [4.78, 5) is 19.8. The van der Waals surface area contributed by atoms with Crippen LogP contribution in [0.4, 0.5) is 11.5 Å². The minimum absolute atomic E-state index is 0.205. The van der Waals surface area contributed by atoms with E-state index >= 15 is 0 Å². The van der Waals surface area contributed by atoms with E-state index in [0.29, 0.717) is 10.8 Å². The zero-order valence-electron chi connectivity index (χ0n) is 15.3. The first-order valence-corrected chi connectivity index (χ1v) is 9.26. The number of nitrogens with zero attached hydrogens (tertiary/aromatic N) is 2. The maximum atomic E-state index is 11.3. The van der Waals surface area contributed by atoms with Crippen LogP contribution in [0.15, 0.2) is 73.1 Å². The Bertz CT molecular complexity index is 1180. The van der Waals surface area contributed by atoms with Gasteiger partial charge in [0.15, 0.2) is 0 Å². The average Bonchev–Trinajstić information content (AvgIpc) is 2.75. The van der Waals surface area contributed by atoms with E-state index in [9.17, 15) is 4.79 Å². The number of hydrogen-bond donors (Lipinski definition) is 2. The van der Waals surface area contributed by atoms with Crippen LogP contribution in [-0.4, -0.2) is 15.9 Å². The highest BCUT2D eigenvalue weighted by molar-refractivity contribution is 6.30. The molecule has 29 heavy (non-hydrogen) atoms. The first-order valence-electron chi connectivity index (χ1n) is 8.88. The molecule has 144 valence electrons. The Morgan fingerprint density at radius 1 is 1.03 bits per heavy atom. The number of nitrogens with two attached hydrogens (primary N) is 1. The van der Waals surface area contributed by atoms with Crippen LogP contribution in [0.25, 0.3) is 10.8 Å². The summed E-state index contributed by atoms with van der Waals surface area (Å²) >= 11 is 5.95. The van der Waals surface area contributed by atoms with Gasteiger partial charge >= 0.3 is 0 Å². The fraction of sp³-hybridized carbons (Fsp3) is 0.0455. The molecule has 2 aromatic carbocycles. The van der Waals surface area contributed by atoms with Gasteiger partial charge in [0.25, 0.3) is 5.91 Å². The number of pyridine rings is 2. The molecule has 0 saturated heterocycles. The molecule has 4 rings (SSSR count). The number of fused-ring (bicyclic) bond motifs is 1. The summed E-state index contributed by atoms with van der Waals surface area (Å²) in [5.74, 6) is 0.784. The molecular weight excluding hydrogens is 388 g/mol. The van der Waals surface area contributed by atoms with Gasteiger partial charge in [-0.05, 0) is 42.0 Å². The number of halogens is 1. The zero-order valence-corrected chi connectivity index (χ0v) is 16.1. The highest BCUT2D eigenvalue weighted by Crippen LogP contribution is 2.31. The van der Waals surface area contributed by atoms with Gasteiger partial charge in [-0.1, -0.05) is 35.9 Å². The Hall–Kier alpha value is -3.64. The van der Waals surface area contributed by atoms with Crippen molar-refractivity contribution in [1.82, 2.24) is 9.97 Å². The molecule has 0 radical (unpaired) electrons. The summed E-state index contributed by atoms with van der Waals surface area (Å²) in [5.41, 5.74) is 7.17. The normalized spacial score (nSPS) is 10.7. The van der Waals surface area contributed by atoms with Gasteiger partial charge in [-0.3, -0.25) is 9.78 Å². The number of ether oxygens (including phenoxy) is 1.